The zero-order valence-electron chi connectivity index (χ0n) is 9.17. The first-order valence-electron chi connectivity index (χ1n) is 4.84. The Morgan fingerprint density at radius 2 is 2.00 bits per heavy atom. The average Bonchev–Trinajstić information content (AvgIpc) is 2.13. The van der Waals surface area contributed by atoms with E-state index in [1.54, 1.807) is 0 Å². The molecule has 1 unspecified atom stereocenters. The Hall–Kier alpha value is -0.430. The summed E-state index contributed by atoms with van der Waals surface area (Å²) >= 11 is 4.06. The highest BCUT2D eigenvalue weighted by Gasteiger charge is 2.27. The summed E-state index contributed by atoms with van der Waals surface area (Å²) in [4.78, 5) is 11.3. The van der Waals surface area contributed by atoms with Gasteiger partial charge in [0.1, 0.15) is 6.61 Å². The maximum absolute atomic E-state index is 11.7. The first-order chi connectivity index (χ1) is 7.24. The molecule has 0 aromatic carbocycles. The van der Waals surface area contributed by atoms with Crippen molar-refractivity contribution in [2.24, 2.45) is 5.92 Å². The van der Waals surface area contributed by atoms with Gasteiger partial charge in [-0.1, -0.05) is 13.8 Å². The second-order valence-corrected chi connectivity index (χ2v) is 4.20. The van der Waals surface area contributed by atoms with Gasteiger partial charge in [0.15, 0.2) is 0 Å². The van der Waals surface area contributed by atoms with Crippen molar-refractivity contribution in [1.82, 2.24) is 5.32 Å². The lowest BCUT2D eigenvalue weighted by Gasteiger charge is -2.14. The number of hydrogen-bond donors (Lipinski definition) is 2. The van der Waals surface area contributed by atoms with E-state index in [0.717, 1.165) is 0 Å². The fraction of sp³-hybridized carbons (Fsp3) is 0.889. The number of ether oxygens (including phenoxy) is 1. The molecule has 0 spiro atoms. The highest BCUT2D eigenvalue weighted by molar-refractivity contribution is 7.81. The number of halogens is 3. The largest absolute Gasteiger partial charge is 0.411 e. The number of thiol groups is 1. The molecule has 0 rings (SSSR count). The lowest BCUT2D eigenvalue weighted by atomic mass is 10.1. The molecular formula is C9H16F3NO2S. The molecule has 0 aliphatic heterocycles. The second-order valence-electron chi connectivity index (χ2n) is 3.65. The van der Waals surface area contributed by atoms with Gasteiger partial charge in [-0.3, -0.25) is 4.79 Å². The first kappa shape index (κ1) is 15.6. The summed E-state index contributed by atoms with van der Waals surface area (Å²) in [7, 11) is 0. The van der Waals surface area contributed by atoms with Crippen LogP contribution in [0.5, 0.6) is 0 Å². The summed E-state index contributed by atoms with van der Waals surface area (Å²) in [6.45, 7) is 2.26. The Kier molecular flexibility index (Phi) is 6.82. The Labute approximate surface area is 98.1 Å². The molecule has 1 amide bonds. The minimum atomic E-state index is -4.33. The van der Waals surface area contributed by atoms with Crippen LogP contribution >= 0.6 is 12.6 Å². The van der Waals surface area contributed by atoms with Crippen LogP contribution in [0.15, 0.2) is 0 Å². The van der Waals surface area contributed by atoms with E-state index in [4.69, 9.17) is 0 Å². The second kappa shape index (κ2) is 7.01. The minimum absolute atomic E-state index is 0.0543. The van der Waals surface area contributed by atoms with Crippen LogP contribution in [0.4, 0.5) is 13.2 Å². The number of rotatable bonds is 6. The molecule has 0 heterocycles. The van der Waals surface area contributed by atoms with Gasteiger partial charge in [0.2, 0.25) is 5.91 Å². The molecule has 0 saturated carbocycles. The van der Waals surface area contributed by atoms with Crippen molar-refractivity contribution in [3.63, 3.8) is 0 Å². The van der Waals surface area contributed by atoms with Crippen molar-refractivity contribution < 1.29 is 22.7 Å². The SMILES string of the molecule is CC(C)C(S)C(=O)NCCOCC(F)(F)F. The van der Waals surface area contributed by atoms with Gasteiger partial charge in [0, 0.05) is 6.54 Å². The number of amides is 1. The van der Waals surface area contributed by atoms with Gasteiger partial charge >= 0.3 is 6.18 Å². The fourth-order valence-corrected chi connectivity index (χ4v) is 0.933. The van der Waals surface area contributed by atoms with Crippen LogP contribution in [-0.2, 0) is 9.53 Å². The molecule has 7 heteroatoms. The maximum Gasteiger partial charge on any atom is 0.411 e. The number of carbonyl (C=O) groups is 1. The molecular weight excluding hydrogens is 243 g/mol. The Morgan fingerprint density at radius 3 is 2.44 bits per heavy atom. The van der Waals surface area contributed by atoms with Gasteiger partial charge < -0.3 is 10.1 Å². The van der Waals surface area contributed by atoms with E-state index in [1.807, 2.05) is 13.8 Å². The molecule has 0 fully saturated rings. The van der Waals surface area contributed by atoms with Gasteiger partial charge in [0.05, 0.1) is 11.9 Å². The average molecular weight is 259 g/mol. The van der Waals surface area contributed by atoms with Crippen molar-refractivity contribution >= 4 is 18.5 Å². The van der Waals surface area contributed by atoms with E-state index < -0.39 is 18.0 Å². The van der Waals surface area contributed by atoms with Crippen LogP contribution in [-0.4, -0.2) is 37.1 Å². The molecule has 1 atom stereocenters. The predicted octanol–water partition coefficient (Wildman–Crippen LogP) is 1.64. The molecule has 0 aliphatic carbocycles. The summed E-state index contributed by atoms with van der Waals surface area (Å²) in [5.74, 6) is -0.228. The monoisotopic (exact) mass is 259 g/mol. The molecule has 3 nitrogen and oxygen atoms in total. The van der Waals surface area contributed by atoms with Gasteiger partial charge in [-0.05, 0) is 5.92 Å². The number of nitrogens with one attached hydrogen (secondary N) is 1. The summed E-state index contributed by atoms with van der Waals surface area (Å²) in [5.41, 5.74) is 0. The lowest BCUT2D eigenvalue weighted by molar-refractivity contribution is -0.173. The third-order valence-electron chi connectivity index (χ3n) is 1.71. The lowest BCUT2D eigenvalue weighted by Crippen LogP contribution is -2.36. The number of hydrogen-bond acceptors (Lipinski definition) is 3. The van der Waals surface area contributed by atoms with Gasteiger partial charge in [-0.15, -0.1) is 0 Å². The molecule has 0 bridgehead atoms. The van der Waals surface area contributed by atoms with Crippen molar-refractivity contribution in [2.45, 2.75) is 25.3 Å². The third-order valence-corrected chi connectivity index (χ3v) is 2.54. The molecule has 0 aromatic rings. The summed E-state index contributed by atoms with van der Waals surface area (Å²) in [6, 6.07) is 0. The quantitative estimate of drug-likeness (QED) is 0.562. The minimum Gasteiger partial charge on any atom is -0.370 e. The van der Waals surface area contributed by atoms with Gasteiger partial charge in [-0.25, -0.2) is 0 Å². The molecule has 1 N–H and O–H groups in total. The zero-order valence-corrected chi connectivity index (χ0v) is 10.1. The number of carbonyl (C=O) groups excluding carboxylic acids is 1. The summed E-state index contributed by atoms with van der Waals surface area (Å²) < 4.78 is 39.3. The molecule has 0 saturated heterocycles. The van der Waals surface area contributed by atoms with Crippen LogP contribution in [0.1, 0.15) is 13.8 Å². The summed E-state index contributed by atoms with van der Waals surface area (Å²) in [5, 5.41) is 1.99. The van der Waals surface area contributed by atoms with Crippen LogP contribution in [0.3, 0.4) is 0 Å². The predicted molar refractivity (Wildman–Crippen MR) is 57.5 cm³/mol. The molecule has 16 heavy (non-hydrogen) atoms. The molecule has 0 aromatic heterocycles. The van der Waals surface area contributed by atoms with Crippen molar-refractivity contribution in [3.8, 4) is 0 Å². The van der Waals surface area contributed by atoms with Gasteiger partial charge in [0.25, 0.3) is 0 Å². The summed E-state index contributed by atoms with van der Waals surface area (Å²) in [6.07, 6.45) is -4.33. The Bertz CT molecular complexity index is 221. The van der Waals surface area contributed by atoms with Crippen LogP contribution in [0.25, 0.3) is 0 Å². The topological polar surface area (TPSA) is 38.3 Å². The van der Waals surface area contributed by atoms with Crippen molar-refractivity contribution in [1.29, 1.82) is 0 Å². The Balaban J connectivity index is 3.56. The third kappa shape index (κ3) is 7.81. The normalized spacial score (nSPS) is 13.9. The maximum atomic E-state index is 11.7. The molecule has 96 valence electrons. The van der Waals surface area contributed by atoms with Gasteiger partial charge in [-0.2, -0.15) is 25.8 Å². The van der Waals surface area contributed by atoms with E-state index in [0.29, 0.717) is 0 Å². The van der Waals surface area contributed by atoms with E-state index in [2.05, 4.69) is 22.7 Å². The number of alkyl halides is 3. The fourth-order valence-electron chi connectivity index (χ4n) is 0.842. The molecule has 0 radical (unpaired) electrons. The van der Waals surface area contributed by atoms with E-state index >= 15 is 0 Å². The Morgan fingerprint density at radius 1 is 1.44 bits per heavy atom. The standard InChI is InChI=1S/C9H16F3NO2S/c1-6(2)7(16)8(14)13-3-4-15-5-9(10,11)12/h6-7,16H,3-5H2,1-2H3,(H,13,14). The van der Waals surface area contributed by atoms with Crippen LogP contribution < -0.4 is 5.32 Å². The zero-order chi connectivity index (χ0) is 12.8. The van der Waals surface area contributed by atoms with Crippen LogP contribution in [0.2, 0.25) is 0 Å². The van der Waals surface area contributed by atoms with Crippen molar-refractivity contribution in [2.75, 3.05) is 19.8 Å². The first-order valence-corrected chi connectivity index (χ1v) is 5.36. The van der Waals surface area contributed by atoms with Crippen molar-refractivity contribution in [3.05, 3.63) is 0 Å². The van der Waals surface area contributed by atoms with E-state index in [-0.39, 0.29) is 25.0 Å². The van der Waals surface area contributed by atoms with E-state index in [1.165, 1.54) is 0 Å². The van der Waals surface area contributed by atoms with E-state index in [9.17, 15) is 18.0 Å². The highest BCUT2D eigenvalue weighted by atomic mass is 32.1. The highest BCUT2D eigenvalue weighted by Crippen LogP contribution is 2.14. The smallest absolute Gasteiger partial charge is 0.370 e. The molecule has 0 aliphatic rings. The van der Waals surface area contributed by atoms with Crippen LogP contribution in [0, 0.1) is 5.92 Å².